The first-order valence-corrected chi connectivity index (χ1v) is 13.7. The van der Waals surface area contributed by atoms with Crippen molar-refractivity contribution in [3.8, 4) is 0 Å². The molecule has 1 amide bonds. The molecular weight excluding hydrogens is 556 g/mol. The Balaban J connectivity index is 0.000000403. The Labute approximate surface area is 248 Å². The average Bonchev–Trinajstić information content (AvgIpc) is 2.99. The number of rotatable bonds is 5. The SMILES string of the molecule is CNc1ccc(C(=O)c2ccc3ncc(N4CCN(C(=O)OC(C)(C)C)CC4)nc3c2)c(F)c1.O=Cc1cccc(F)c1. The predicted octanol–water partition coefficient (Wildman–Crippen LogP) is 5.74. The Hall–Kier alpha value is -4.93. The molecular formula is C32H33F2N5O4. The van der Waals surface area contributed by atoms with Crippen molar-refractivity contribution in [1.29, 1.82) is 0 Å². The number of aromatic nitrogens is 2. The molecule has 5 rings (SSSR count). The molecule has 3 aromatic carbocycles. The van der Waals surface area contributed by atoms with Gasteiger partial charge in [0.25, 0.3) is 0 Å². The van der Waals surface area contributed by atoms with Crippen molar-refractivity contribution in [2.75, 3.05) is 43.4 Å². The van der Waals surface area contributed by atoms with Crippen LogP contribution in [0.3, 0.4) is 0 Å². The summed E-state index contributed by atoms with van der Waals surface area (Å²) in [4.78, 5) is 48.1. The zero-order chi connectivity index (χ0) is 31.1. The zero-order valence-electron chi connectivity index (χ0n) is 24.4. The maximum atomic E-state index is 14.4. The maximum Gasteiger partial charge on any atom is 0.410 e. The molecule has 11 heteroatoms. The number of fused-ring (bicyclic) bond motifs is 1. The quantitative estimate of drug-likeness (QED) is 0.232. The van der Waals surface area contributed by atoms with Crippen LogP contribution in [0.4, 0.5) is 25.1 Å². The van der Waals surface area contributed by atoms with Gasteiger partial charge in [0.05, 0.1) is 22.8 Å². The van der Waals surface area contributed by atoms with Crippen LogP contribution in [0.5, 0.6) is 0 Å². The smallest absolute Gasteiger partial charge is 0.410 e. The zero-order valence-corrected chi connectivity index (χ0v) is 24.4. The number of ketones is 1. The molecule has 0 radical (unpaired) electrons. The second-order valence-corrected chi connectivity index (χ2v) is 10.8. The standard InChI is InChI=1S/C25H28FN5O3.C7H5FO/c1-25(2,3)34-24(33)31-11-9-30(10-12-31)22-15-28-20-8-5-16(13-21(20)29-22)23(32)18-7-6-17(27-4)14-19(18)26;8-7-3-1-2-6(4-7)5-9/h5-8,13-15,27H,9-12H2,1-4H3;1-5H. The summed E-state index contributed by atoms with van der Waals surface area (Å²) in [7, 11) is 1.69. The Morgan fingerprint density at radius 2 is 1.70 bits per heavy atom. The number of piperazine rings is 1. The molecule has 43 heavy (non-hydrogen) atoms. The number of benzene rings is 3. The van der Waals surface area contributed by atoms with E-state index < -0.39 is 17.2 Å². The van der Waals surface area contributed by atoms with Gasteiger partial charge in [-0.3, -0.25) is 14.6 Å². The molecule has 224 valence electrons. The molecule has 1 aromatic heterocycles. The molecule has 0 aliphatic carbocycles. The van der Waals surface area contributed by atoms with Crippen LogP contribution in [0.2, 0.25) is 0 Å². The number of nitrogens with one attached hydrogen (secondary N) is 1. The summed E-state index contributed by atoms with van der Waals surface area (Å²) in [6, 6.07) is 14.9. The van der Waals surface area contributed by atoms with Crippen LogP contribution in [-0.2, 0) is 4.74 Å². The third-order valence-electron chi connectivity index (χ3n) is 6.53. The number of anilines is 2. The van der Waals surface area contributed by atoms with E-state index in [1.807, 2.05) is 25.7 Å². The summed E-state index contributed by atoms with van der Waals surface area (Å²) in [6.45, 7) is 7.72. The fourth-order valence-corrected chi connectivity index (χ4v) is 4.33. The second kappa shape index (κ2) is 13.4. The lowest BCUT2D eigenvalue weighted by Crippen LogP contribution is -2.50. The first-order valence-electron chi connectivity index (χ1n) is 13.7. The molecule has 0 atom stereocenters. The van der Waals surface area contributed by atoms with Crippen LogP contribution in [0.25, 0.3) is 11.0 Å². The third-order valence-corrected chi connectivity index (χ3v) is 6.53. The van der Waals surface area contributed by atoms with Gasteiger partial charge >= 0.3 is 6.09 Å². The lowest BCUT2D eigenvalue weighted by Gasteiger charge is -2.36. The van der Waals surface area contributed by atoms with E-state index in [1.165, 1.54) is 30.3 Å². The van der Waals surface area contributed by atoms with Crippen molar-refractivity contribution in [3.63, 3.8) is 0 Å². The summed E-state index contributed by atoms with van der Waals surface area (Å²) < 4.78 is 32.1. The number of carbonyl (C=O) groups excluding carboxylic acids is 3. The first kappa shape index (κ1) is 31.0. The molecule has 9 nitrogen and oxygen atoms in total. The number of hydrogen-bond acceptors (Lipinski definition) is 8. The Kier molecular flexibility index (Phi) is 9.64. The Morgan fingerprint density at radius 1 is 0.953 bits per heavy atom. The van der Waals surface area contributed by atoms with E-state index in [1.54, 1.807) is 48.5 Å². The fraction of sp³-hybridized carbons (Fsp3) is 0.281. The van der Waals surface area contributed by atoms with Crippen molar-refractivity contribution < 1.29 is 27.9 Å². The minimum absolute atomic E-state index is 0.000675. The number of aldehydes is 1. The third kappa shape index (κ3) is 8.09. The van der Waals surface area contributed by atoms with E-state index in [2.05, 4.69) is 15.3 Å². The molecule has 0 spiro atoms. The highest BCUT2D eigenvalue weighted by Crippen LogP contribution is 2.22. The molecule has 1 fully saturated rings. The van der Waals surface area contributed by atoms with Gasteiger partial charge in [0.1, 0.15) is 29.3 Å². The summed E-state index contributed by atoms with van der Waals surface area (Å²) >= 11 is 0. The van der Waals surface area contributed by atoms with Crippen LogP contribution in [0, 0.1) is 11.6 Å². The molecule has 2 heterocycles. The topological polar surface area (TPSA) is 105 Å². The minimum Gasteiger partial charge on any atom is -0.444 e. The van der Waals surface area contributed by atoms with Gasteiger partial charge in [-0.2, -0.15) is 0 Å². The maximum absolute atomic E-state index is 14.4. The fourth-order valence-electron chi connectivity index (χ4n) is 4.33. The molecule has 1 saturated heterocycles. The van der Waals surface area contributed by atoms with Gasteiger partial charge in [-0.1, -0.05) is 12.1 Å². The van der Waals surface area contributed by atoms with Crippen molar-refractivity contribution in [2.45, 2.75) is 26.4 Å². The van der Waals surface area contributed by atoms with Gasteiger partial charge in [0.2, 0.25) is 0 Å². The van der Waals surface area contributed by atoms with Crippen molar-refractivity contribution >= 4 is 40.7 Å². The predicted molar refractivity (Wildman–Crippen MR) is 161 cm³/mol. The van der Waals surface area contributed by atoms with Crippen LogP contribution in [0.15, 0.2) is 66.9 Å². The summed E-state index contributed by atoms with van der Waals surface area (Å²) in [6.07, 6.45) is 1.97. The number of carbonyl (C=O) groups is 3. The largest absolute Gasteiger partial charge is 0.444 e. The van der Waals surface area contributed by atoms with Gasteiger partial charge in [0.15, 0.2) is 5.78 Å². The monoisotopic (exact) mass is 589 g/mol. The number of amides is 1. The van der Waals surface area contributed by atoms with Gasteiger partial charge in [-0.25, -0.2) is 18.6 Å². The number of halogens is 2. The highest BCUT2D eigenvalue weighted by molar-refractivity contribution is 6.10. The highest BCUT2D eigenvalue weighted by atomic mass is 19.1. The van der Waals surface area contributed by atoms with Crippen molar-refractivity contribution in [1.82, 2.24) is 14.9 Å². The summed E-state index contributed by atoms with van der Waals surface area (Å²) in [5.41, 5.74) is 1.95. The van der Waals surface area contributed by atoms with Gasteiger partial charge in [-0.05, 0) is 69.3 Å². The summed E-state index contributed by atoms with van der Waals surface area (Å²) in [5.74, 6) is -0.718. The van der Waals surface area contributed by atoms with E-state index in [4.69, 9.17) is 4.74 Å². The molecule has 0 unspecified atom stereocenters. The molecule has 1 aliphatic rings. The number of ether oxygens (including phenoxy) is 1. The minimum atomic E-state index is -0.584. The number of nitrogens with zero attached hydrogens (tertiary/aromatic N) is 4. The molecule has 1 aliphatic heterocycles. The Morgan fingerprint density at radius 3 is 2.30 bits per heavy atom. The Bertz CT molecular complexity index is 1630. The second-order valence-electron chi connectivity index (χ2n) is 10.8. The van der Waals surface area contributed by atoms with Gasteiger partial charge < -0.3 is 19.9 Å². The van der Waals surface area contributed by atoms with Crippen molar-refractivity contribution in [3.05, 3.63) is 95.2 Å². The van der Waals surface area contributed by atoms with Gasteiger partial charge in [0, 0.05) is 50.0 Å². The lowest BCUT2D eigenvalue weighted by molar-refractivity contribution is 0.0240. The van der Waals surface area contributed by atoms with Crippen LogP contribution in [0.1, 0.15) is 47.1 Å². The molecule has 0 bridgehead atoms. The molecule has 1 N–H and O–H groups in total. The average molecular weight is 590 g/mol. The van der Waals surface area contributed by atoms with Crippen LogP contribution < -0.4 is 10.2 Å². The lowest BCUT2D eigenvalue weighted by atomic mass is 10.0. The molecule has 4 aromatic rings. The van der Waals surface area contributed by atoms with Crippen molar-refractivity contribution in [2.24, 2.45) is 0 Å². The van der Waals surface area contributed by atoms with E-state index in [9.17, 15) is 23.2 Å². The van der Waals surface area contributed by atoms with Gasteiger partial charge in [-0.15, -0.1) is 0 Å². The van der Waals surface area contributed by atoms with E-state index in [0.29, 0.717) is 66.1 Å². The highest BCUT2D eigenvalue weighted by Gasteiger charge is 2.26. The molecule has 0 saturated carbocycles. The van der Waals surface area contributed by atoms with E-state index in [0.717, 1.165) is 0 Å². The van der Waals surface area contributed by atoms with E-state index >= 15 is 0 Å². The first-order chi connectivity index (χ1) is 20.5. The number of hydrogen-bond donors (Lipinski definition) is 1. The normalized spacial score (nSPS) is 13.2. The van der Waals surface area contributed by atoms with Crippen LogP contribution in [-0.4, -0.2) is 71.9 Å². The van der Waals surface area contributed by atoms with E-state index in [-0.39, 0.29) is 17.5 Å². The summed E-state index contributed by atoms with van der Waals surface area (Å²) in [5, 5.41) is 2.85. The van der Waals surface area contributed by atoms with Crippen LogP contribution >= 0.6 is 0 Å².